The van der Waals surface area contributed by atoms with E-state index in [9.17, 15) is 5.26 Å². The fourth-order valence-corrected chi connectivity index (χ4v) is 4.08. The largest absolute Gasteiger partial charge is 0.493 e. The van der Waals surface area contributed by atoms with Crippen LogP contribution in [-0.2, 0) is 0 Å². The van der Waals surface area contributed by atoms with Crippen LogP contribution in [0.5, 0.6) is 23.1 Å². The minimum Gasteiger partial charge on any atom is -0.493 e. The van der Waals surface area contributed by atoms with Crippen molar-refractivity contribution < 1.29 is 18.9 Å². The first-order valence-corrected chi connectivity index (χ1v) is 10.1. The van der Waals surface area contributed by atoms with Crippen molar-refractivity contribution in [3.63, 3.8) is 0 Å². The number of nitrogens with zero attached hydrogens (tertiary/aromatic N) is 2. The minimum atomic E-state index is -0.665. The highest BCUT2D eigenvalue weighted by Crippen LogP contribution is 2.51. The monoisotopic (exact) mass is 472 g/mol. The van der Waals surface area contributed by atoms with E-state index in [-0.39, 0.29) is 17.3 Å². The van der Waals surface area contributed by atoms with E-state index < -0.39 is 5.92 Å². The molecular formula is C22H18Cl2N4O4. The number of ether oxygens (including phenoxy) is 4. The Morgan fingerprint density at radius 3 is 2.44 bits per heavy atom. The van der Waals surface area contributed by atoms with Gasteiger partial charge in [0.15, 0.2) is 11.5 Å². The highest BCUT2D eigenvalue weighted by molar-refractivity contribution is 6.42. The molecule has 0 spiro atoms. The summed E-state index contributed by atoms with van der Waals surface area (Å²) in [6.07, 6.45) is 0. The number of fused-ring (bicyclic) bond motifs is 1. The lowest BCUT2D eigenvalue weighted by Gasteiger charge is -2.26. The van der Waals surface area contributed by atoms with E-state index in [1.165, 1.54) is 21.3 Å². The highest BCUT2D eigenvalue weighted by Gasteiger charge is 2.38. The zero-order chi connectivity index (χ0) is 23.0. The third-order valence-electron chi connectivity index (χ3n) is 5.19. The van der Waals surface area contributed by atoms with Crippen LogP contribution in [0, 0.1) is 11.3 Å². The summed E-state index contributed by atoms with van der Waals surface area (Å²) in [5, 5.41) is 18.0. The molecule has 0 saturated carbocycles. The average molecular weight is 473 g/mol. The van der Waals surface area contributed by atoms with E-state index in [2.05, 4.69) is 16.3 Å². The summed E-state index contributed by atoms with van der Waals surface area (Å²) in [7, 11) is 4.55. The molecule has 0 bridgehead atoms. The van der Waals surface area contributed by atoms with E-state index in [1.807, 2.05) is 0 Å². The summed E-state index contributed by atoms with van der Waals surface area (Å²) in [6.45, 7) is 0. The third-order valence-corrected chi connectivity index (χ3v) is 5.93. The Morgan fingerprint density at radius 1 is 1.06 bits per heavy atom. The van der Waals surface area contributed by atoms with Crippen LogP contribution in [0.25, 0.3) is 11.3 Å². The van der Waals surface area contributed by atoms with Gasteiger partial charge in [0.2, 0.25) is 17.5 Å². The van der Waals surface area contributed by atoms with Crippen LogP contribution in [-0.4, -0.2) is 31.5 Å². The molecule has 1 atom stereocenters. The number of nitrogens with two attached hydrogens (primary N) is 1. The molecule has 2 heterocycles. The quantitative estimate of drug-likeness (QED) is 0.555. The van der Waals surface area contributed by atoms with Crippen LogP contribution in [0.4, 0.5) is 0 Å². The number of H-pyrrole nitrogens is 1. The number of rotatable bonds is 5. The molecule has 0 radical (unpaired) electrons. The maximum atomic E-state index is 9.96. The molecule has 0 amide bonds. The second kappa shape index (κ2) is 8.54. The molecule has 1 aliphatic rings. The number of allylic oxidation sites excluding steroid dienone is 1. The minimum absolute atomic E-state index is 0.0472. The molecule has 0 unspecified atom stereocenters. The SMILES string of the molecule is COc1ccc([C@H]2C(C#N)=C(N)Oc3n[nH]c(-c4ccc(Cl)c(Cl)c4)c32)c(OC)c1OC. The molecule has 8 nitrogen and oxygen atoms in total. The first-order chi connectivity index (χ1) is 15.4. The molecule has 0 aliphatic carbocycles. The number of nitriles is 1. The number of hydrogen-bond donors (Lipinski definition) is 2. The molecule has 0 saturated heterocycles. The summed E-state index contributed by atoms with van der Waals surface area (Å²) in [5.74, 6) is 0.787. The lowest BCUT2D eigenvalue weighted by Crippen LogP contribution is -2.21. The van der Waals surface area contributed by atoms with Crippen LogP contribution in [0.3, 0.4) is 0 Å². The number of aromatic amines is 1. The molecule has 164 valence electrons. The summed E-state index contributed by atoms with van der Waals surface area (Å²) in [6, 6.07) is 10.9. The second-order valence-corrected chi connectivity index (χ2v) is 7.61. The summed E-state index contributed by atoms with van der Waals surface area (Å²) < 4.78 is 22.3. The van der Waals surface area contributed by atoms with Gasteiger partial charge in [-0.1, -0.05) is 35.3 Å². The lowest BCUT2D eigenvalue weighted by molar-refractivity contribution is 0.321. The summed E-state index contributed by atoms with van der Waals surface area (Å²) in [5.41, 5.74) is 8.81. The average Bonchev–Trinajstić information content (AvgIpc) is 3.22. The van der Waals surface area contributed by atoms with Crippen LogP contribution in [0.2, 0.25) is 10.0 Å². The predicted octanol–water partition coefficient (Wildman–Crippen LogP) is 4.63. The van der Waals surface area contributed by atoms with Gasteiger partial charge in [-0.25, -0.2) is 0 Å². The fourth-order valence-electron chi connectivity index (χ4n) is 3.78. The van der Waals surface area contributed by atoms with Gasteiger partial charge in [-0.05, 0) is 18.2 Å². The Kier molecular flexibility index (Phi) is 5.78. The smallest absolute Gasteiger partial charge is 0.244 e. The Hall–Kier alpha value is -3.54. The maximum absolute atomic E-state index is 9.96. The van der Waals surface area contributed by atoms with Gasteiger partial charge in [-0.2, -0.15) is 5.26 Å². The van der Waals surface area contributed by atoms with Gasteiger partial charge in [0.25, 0.3) is 0 Å². The molecular weight excluding hydrogens is 455 g/mol. The van der Waals surface area contributed by atoms with E-state index in [0.717, 1.165) is 0 Å². The van der Waals surface area contributed by atoms with Crippen molar-refractivity contribution in [2.24, 2.45) is 5.73 Å². The normalized spacial score (nSPS) is 14.9. The first kappa shape index (κ1) is 21.7. The first-order valence-electron chi connectivity index (χ1n) is 9.35. The van der Waals surface area contributed by atoms with Gasteiger partial charge in [0.1, 0.15) is 11.6 Å². The molecule has 0 fully saturated rings. The molecule has 2 aromatic carbocycles. The van der Waals surface area contributed by atoms with Crippen LogP contribution >= 0.6 is 23.2 Å². The number of halogens is 2. The van der Waals surface area contributed by atoms with E-state index in [1.54, 1.807) is 30.3 Å². The fraction of sp³-hybridized carbons (Fsp3) is 0.182. The van der Waals surface area contributed by atoms with Crippen LogP contribution < -0.4 is 24.7 Å². The van der Waals surface area contributed by atoms with Crippen LogP contribution in [0.15, 0.2) is 41.8 Å². The molecule has 3 N–H and O–H groups in total. The number of aromatic nitrogens is 2. The van der Waals surface area contributed by atoms with Crippen molar-refractivity contribution in [2.75, 3.05) is 21.3 Å². The van der Waals surface area contributed by atoms with Gasteiger partial charge in [-0.15, -0.1) is 5.10 Å². The summed E-state index contributed by atoms with van der Waals surface area (Å²) >= 11 is 12.3. The molecule has 1 aromatic heterocycles. The standard InChI is InChI=1S/C22H18Cl2N4O4/c1-29-15-7-5-11(19(30-2)20(15)31-3)16-12(9-25)21(26)32-22-17(16)18(27-28-22)10-4-6-13(23)14(24)8-10/h4-8,16H,26H2,1-3H3,(H,27,28)/t16-/m0/s1. The van der Waals surface area contributed by atoms with Gasteiger partial charge in [-0.3, -0.25) is 5.10 Å². The Labute approximate surface area is 194 Å². The maximum Gasteiger partial charge on any atom is 0.244 e. The predicted molar refractivity (Wildman–Crippen MR) is 119 cm³/mol. The van der Waals surface area contributed by atoms with Crippen molar-refractivity contribution >= 4 is 23.2 Å². The number of hydrogen-bond acceptors (Lipinski definition) is 7. The summed E-state index contributed by atoms with van der Waals surface area (Å²) in [4.78, 5) is 0. The number of nitrogens with one attached hydrogen (secondary N) is 1. The Morgan fingerprint density at radius 2 is 1.81 bits per heavy atom. The van der Waals surface area contributed by atoms with Gasteiger partial charge in [0, 0.05) is 11.1 Å². The molecule has 32 heavy (non-hydrogen) atoms. The molecule has 10 heteroatoms. The van der Waals surface area contributed by atoms with Crippen molar-refractivity contribution in [1.82, 2.24) is 10.2 Å². The zero-order valence-electron chi connectivity index (χ0n) is 17.3. The van der Waals surface area contributed by atoms with Crippen LogP contribution in [0.1, 0.15) is 17.0 Å². The Bertz CT molecular complexity index is 1280. The van der Waals surface area contributed by atoms with E-state index >= 15 is 0 Å². The molecule has 1 aliphatic heterocycles. The number of methoxy groups -OCH3 is 3. The van der Waals surface area contributed by atoms with Gasteiger partial charge < -0.3 is 24.7 Å². The number of benzene rings is 2. The van der Waals surface area contributed by atoms with Crippen molar-refractivity contribution in [3.05, 3.63) is 63.0 Å². The van der Waals surface area contributed by atoms with E-state index in [0.29, 0.717) is 49.7 Å². The third kappa shape index (κ3) is 3.36. The molecule has 4 rings (SSSR count). The topological polar surface area (TPSA) is 115 Å². The van der Waals surface area contributed by atoms with Gasteiger partial charge >= 0.3 is 0 Å². The highest BCUT2D eigenvalue weighted by atomic mass is 35.5. The van der Waals surface area contributed by atoms with Crippen molar-refractivity contribution in [3.8, 4) is 40.5 Å². The van der Waals surface area contributed by atoms with Gasteiger partial charge in [0.05, 0.1) is 48.5 Å². The zero-order valence-corrected chi connectivity index (χ0v) is 18.8. The van der Waals surface area contributed by atoms with Crippen molar-refractivity contribution in [1.29, 1.82) is 5.26 Å². The van der Waals surface area contributed by atoms with Crippen molar-refractivity contribution in [2.45, 2.75) is 5.92 Å². The Balaban J connectivity index is 2.01. The van der Waals surface area contributed by atoms with E-state index in [4.69, 9.17) is 47.9 Å². The molecule has 3 aromatic rings. The second-order valence-electron chi connectivity index (χ2n) is 6.79. The lowest BCUT2D eigenvalue weighted by atomic mass is 9.82.